The van der Waals surface area contributed by atoms with Gasteiger partial charge in [0.15, 0.2) is 0 Å². The van der Waals surface area contributed by atoms with Crippen molar-refractivity contribution in [2.75, 3.05) is 0 Å². The number of carbonyl (C=O) groups excluding carboxylic acids is 2. The lowest BCUT2D eigenvalue weighted by molar-refractivity contribution is -0.127. The quantitative estimate of drug-likeness (QED) is 0.604. The number of hydrogen-bond donors (Lipinski definition) is 2. The molecule has 1 heterocycles. The average Bonchev–Trinajstić information content (AvgIpc) is 3.17. The van der Waals surface area contributed by atoms with Crippen LogP contribution in [0, 0.1) is 24.2 Å². The van der Waals surface area contributed by atoms with E-state index in [1.807, 2.05) is 73.1 Å². The molecule has 0 spiro atoms. The van der Waals surface area contributed by atoms with E-state index in [9.17, 15) is 14.9 Å². The second-order valence-corrected chi connectivity index (χ2v) is 9.00. The Balaban J connectivity index is 1.44. The number of nitrogens with one attached hydrogen (secondary N) is 2. The third-order valence-electron chi connectivity index (χ3n) is 6.64. The maximum absolute atomic E-state index is 13.1. The number of fused-ring (bicyclic) bond motifs is 1. The van der Waals surface area contributed by atoms with E-state index in [0.29, 0.717) is 18.5 Å². The Labute approximate surface area is 194 Å². The first kappa shape index (κ1) is 22.6. The van der Waals surface area contributed by atoms with Crippen molar-refractivity contribution in [3.63, 3.8) is 0 Å². The average molecular weight is 443 g/mol. The minimum atomic E-state index is -0.600. The largest absolute Gasteiger partial charge is 0.347 e. The van der Waals surface area contributed by atoms with Crippen molar-refractivity contribution in [3.8, 4) is 6.07 Å². The normalized spacial score (nSPS) is 18.9. The van der Waals surface area contributed by atoms with Crippen LogP contribution < -0.4 is 10.6 Å². The summed E-state index contributed by atoms with van der Waals surface area (Å²) in [4.78, 5) is 26.2. The summed E-state index contributed by atoms with van der Waals surface area (Å²) in [5.41, 5.74) is 3.74. The Hall–Kier alpha value is -3.59. The van der Waals surface area contributed by atoms with Crippen molar-refractivity contribution >= 4 is 22.7 Å². The molecular formula is C27H30N4O2. The third-order valence-corrected chi connectivity index (χ3v) is 6.64. The van der Waals surface area contributed by atoms with Crippen LogP contribution in [0.2, 0.25) is 0 Å². The second kappa shape index (κ2) is 9.91. The Kier molecular flexibility index (Phi) is 6.79. The number of rotatable bonds is 6. The number of para-hydroxylation sites is 1. The van der Waals surface area contributed by atoms with E-state index in [-0.39, 0.29) is 23.8 Å². The molecule has 1 aliphatic rings. The van der Waals surface area contributed by atoms with Gasteiger partial charge in [0, 0.05) is 30.4 Å². The van der Waals surface area contributed by atoms with Crippen molar-refractivity contribution in [3.05, 3.63) is 71.4 Å². The van der Waals surface area contributed by atoms with Crippen LogP contribution in [-0.4, -0.2) is 28.5 Å². The van der Waals surface area contributed by atoms with Crippen molar-refractivity contribution in [1.82, 2.24) is 15.2 Å². The number of aromatic nitrogens is 1. The number of nitriles is 1. The highest BCUT2D eigenvalue weighted by Gasteiger charge is 2.33. The first-order valence-corrected chi connectivity index (χ1v) is 11.6. The topological polar surface area (TPSA) is 86.9 Å². The van der Waals surface area contributed by atoms with Crippen LogP contribution in [0.1, 0.15) is 47.3 Å². The molecule has 3 atom stereocenters. The van der Waals surface area contributed by atoms with Crippen LogP contribution >= 0.6 is 0 Å². The highest BCUT2D eigenvalue weighted by atomic mass is 16.2. The first-order chi connectivity index (χ1) is 16.0. The van der Waals surface area contributed by atoms with Gasteiger partial charge in [-0.25, -0.2) is 0 Å². The second-order valence-electron chi connectivity index (χ2n) is 9.00. The smallest absolute Gasteiger partial charge is 0.268 e. The van der Waals surface area contributed by atoms with Gasteiger partial charge in [0.1, 0.15) is 11.7 Å². The van der Waals surface area contributed by atoms with Gasteiger partial charge in [0.25, 0.3) is 5.91 Å². The van der Waals surface area contributed by atoms with Crippen molar-refractivity contribution in [1.29, 1.82) is 5.26 Å². The lowest BCUT2D eigenvalue weighted by Crippen LogP contribution is -2.50. The van der Waals surface area contributed by atoms with Crippen LogP contribution in [0.4, 0.5) is 0 Å². The molecule has 1 fully saturated rings. The summed E-state index contributed by atoms with van der Waals surface area (Å²) in [7, 11) is 1.88. The molecule has 6 nitrogen and oxygen atoms in total. The molecule has 0 radical (unpaired) electrons. The lowest BCUT2D eigenvalue weighted by atomic mass is 9.83. The minimum absolute atomic E-state index is 0.157. The molecule has 1 aliphatic carbocycles. The molecule has 0 saturated heterocycles. The molecule has 33 heavy (non-hydrogen) atoms. The van der Waals surface area contributed by atoms with Gasteiger partial charge in [-0.15, -0.1) is 0 Å². The van der Waals surface area contributed by atoms with Crippen LogP contribution in [0.15, 0.2) is 54.6 Å². The van der Waals surface area contributed by atoms with Gasteiger partial charge < -0.3 is 15.2 Å². The monoisotopic (exact) mass is 442 g/mol. The number of amides is 2. The highest BCUT2D eigenvalue weighted by molar-refractivity contribution is 5.99. The molecule has 4 rings (SSSR count). The highest BCUT2D eigenvalue weighted by Crippen LogP contribution is 2.26. The molecule has 170 valence electrons. The van der Waals surface area contributed by atoms with E-state index in [0.717, 1.165) is 41.3 Å². The summed E-state index contributed by atoms with van der Waals surface area (Å²) in [6, 6.07) is 19.1. The molecule has 0 unspecified atom stereocenters. The molecule has 0 bridgehead atoms. The standard InChI is InChI=1S/C27H30N4O2/c1-18-11-13-19(14-12-18)15-21(17-28)29-26(32)22-8-4-5-9-23(22)30-27(33)25-16-20-7-3-6-10-24(20)31(25)2/h3,6-7,10-14,16,21-23H,4-5,8-9,15H2,1-2H3,(H,29,32)(H,30,33)/t21-,22-,23+/m1/s1. The fourth-order valence-electron chi connectivity index (χ4n) is 4.73. The fraction of sp³-hybridized carbons (Fsp3) is 0.370. The Morgan fingerprint density at radius 3 is 2.58 bits per heavy atom. The SMILES string of the molecule is Cc1ccc(C[C@H](C#N)NC(=O)[C@@H]2CCCC[C@@H]2NC(=O)c2cc3ccccc3n2C)cc1. The number of aryl methyl sites for hydroxylation is 2. The fourth-order valence-corrected chi connectivity index (χ4v) is 4.73. The zero-order chi connectivity index (χ0) is 23.4. The van der Waals surface area contributed by atoms with Gasteiger partial charge in [0.2, 0.25) is 5.91 Å². The van der Waals surface area contributed by atoms with Gasteiger partial charge in [-0.05, 0) is 37.5 Å². The first-order valence-electron chi connectivity index (χ1n) is 11.6. The summed E-state index contributed by atoms with van der Waals surface area (Å²) in [6.45, 7) is 2.02. The van der Waals surface area contributed by atoms with E-state index >= 15 is 0 Å². The van der Waals surface area contributed by atoms with E-state index in [1.165, 1.54) is 0 Å². The number of benzene rings is 2. The van der Waals surface area contributed by atoms with E-state index in [1.54, 1.807) is 0 Å². The van der Waals surface area contributed by atoms with Crippen LogP contribution in [0.3, 0.4) is 0 Å². The van der Waals surface area contributed by atoms with Gasteiger partial charge in [0.05, 0.1) is 12.0 Å². The molecule has 0 aliphatic heterocycles. The molecule has 3 aromatic rings. The summed E-state index contributed by atoms with van der Waals surface area (Å²) in [6.07, 6.45) is 3.82. The van der Waals surface area contributed by atoms with Crippen LogP contribution in [0.5, 0.6) is 0 Å². The summed E-state index contributed by atoms with van der Waals surface area (Å²) in [5.74, 6) is -0.670. The van der Waals surface area contributed by atoms with Gasteiger partial charge in [-0.3, -0.25) is 9.59 Å². The number of hydrogen-bond acceptors (Lipinski definition) is 3. The number of carbonyl (C=O) groups is 2. The Bertz CT molecular complexity index is 1190. The van der Waals surface area contributed by atoms with Crippen molar-refractivity contribution < 1.29 is 9.59 Å². The van der Waals surface area contributed by atoms with Crippen molar-refractivity contribution in [2.24, 2.45) is 13.0 Å². The van der Waals surface area contributed by atoms with Crippen LogP contribution in [-0.2, 0) is 18.3 Å². The number of nitrogens with zero attached hydrogens (tertiary/aromatic N) is 2. The molecule has 2 amide bonds. The molecule has 6 heteroatoms. The zero-order valence-corrected chi connectivity index (χ0v) is 19.2. The van der Waals surface area contributed by atoms with E-state index < -0.39 is 6.04 Å². The predicted octanol–water partition coefficient (Wildman–Crippen LogP) is 4.03. The maximum Gasteiger partial charge on any atom is 0.268 e. The molecule has 1 aromatic heterocycles. The van der Waals surface area contributed by atoms with E-state index in [2.05, 4.69) is 16.7 Å². The van der Waals surface area contributed by atoms with Crippen LogP contribution in [0.25, 0.3) is 10.9 Å². The summed E-state index contributed by atoms with van der Waals surface area (Å²) >= 11 is 0. The van der Waals surface area contributed by atoms with Gasteiger partial charge >= 0.3 is 0 Å². The minimum Gasteiger partial charge on any atom is -0.347 e. The summed E-state index contributed by atoms with van der Waals surface area (Å²) in [5, 5.41) is 16.7. The Morgan fingerprint density at radius 2 is 1.85 bits per heavy atom. The molecule has 2 N–H and O–H groups in total. The molecular weight excluding hydrogens is 412 g/mol. The maximum atomic E-state index is 13.1. The summed E-state index contributed by atoms with van der Waals surface area (Å²) < 4.78 is 1.88. The van der Waals surface area contributed by atoms with Gasteiger partial charge in [-0.1, -0.05) is 60.9 Å². The molecule has 1 saturated carbocycles. The third kappa shape index (κ3) is 5.09. The molecule has 2 aromatic carbocycles. The zero-order valence-electron chi connectivity index (χ0n) is 19.2. The predicted molar refractivity (Wildman–Crippen MR) is 129 cm³/mol. The van der Waals surface area contributed by atoms with Crippen molar-refractivity contribution in [2.45, 2.75) is 51.1 Å². The lowest BCUT2D eigenvalue weighted by Gasteiger charge is -2.32. The van der Waals surface area contributed by atoms with Gasteiger partial charge in [-0.2, -0.15) is 5.26 Å². The van der Waals surface area contributed by atoms with E-state index in [4.69, 9.17) is 0 Å². The Morgan fingerprint density at radius 1 is 1.12 bits per heavy atom.